The van der Waals surface area contributed by atoms with Gasteiger partial charge in [-0.05, 0) is 56.9 Å². The van der Waals surface area contributed by atoms with E-state index in [1.807, 2.05) is 60.7 Å². The van der Waals surface area contributed by atoms with Gasteiger partial charge in [0.1, 0.15) is 6.10 Å². The summed E-state index contributed by atoms with van der Waals surface area (Å²) in [4.78, 5) is 25.6. The first-order chi connectivity index (χ1) is 18.0. The molecule has 0 heterocycles. The highest BCUT2D eigenvalue weighted by Crippen LogP contribution is 2.38. The number of fused-ring (bicyclic) bond motifs is 4. The highest BCUT2D eigenvalue weighted by Gasteiger charge is 2.33. The van der Waals surface area contributed by atoms with E-state index in [4.69, 9.17) is 0 Å². The third-order valence-electron chi connectivity index (χ3n) is 6.86. The SMILES string of the molecule is O=C1C(/C=C/C=C/C=C/C=C2\C(=O)c3cc4ccccc4cc3C2O)=C([O-])c2cc3ccccc3cc21. The standard InChI is InChI=1S/C33H22O4/c34-30-24(31(35)27-17-21-11-7-6-10-20(21)16-26(27)30)14-4-2-1-3-5-15-25-32(36)28-18-22-12-8-9-13-23(22)19-29(28)33(25)37/h1-19,30,34,36H/p-1/b3-1+,4-2+,15-5+,24-14-. The van der Waals surface area contributed by atoms with Crippen molar-refractivity contribution in [3.05, 3.63) is 149 Å². The lowest BCUT2D eigenvalue weighted by Gasteiger charge is -2.10. The van der Waals surface area contributed by atoms with Gasteiger partial charge < -0.3 is 10.2 Å². The van der Waals surface area contributed by atoms with Crippen LogP contribution in [0.25, 0.3) is 27.3 Å². The molecule has 0 amide bonds. The molecule has 1 N–H and O–H groups in total. The van der Waals surface area contributed by atoms with E-state index in [-0.39, 0.29) is 22.9 Å². The van der Waals surface area contributed by atoms with Gasteiger partial charge in [-0.3, -0.25) is 9.59 Å². The highest BCUT2D eigenvalue weighted by atomic mass is 16.3. The van der Waals surface area contributed by atoms with Gasteiger partial charge in [0.05, 0.1) is 0 Å². The molecule has 0 aromatic heterocycles. The van der Waals surface area contributed by atoms with Crippen LogP contribution in [0.15, 0.2) is 126 Å². The molecule has 0 radical (unpaired) electrons. The summed E-state index contributed by atoms with van der Waals surface area (Å²) in [6.45, 7) is 0. The van der Waals surface area contributed by atoms with E-state index >= 15 is 0 Å². The first-order valence-electron chi connectivity index (χ1n) is 12.0. The van der Waals surface area contributed by atoms with Gasteiger partial charge in [0.15, 0.2) is 11.6 Å². The van der Waals surface area contributed by atoms with E-state index in [2.05, 4.69) is 0 Å². The van der Waals surface area contributed by atoms with Crippen LogP contribution in [0.4, 0.5) is 0 Å². The van der Waals surface area contributed by atoms with E-state index in [1.54, 1.807) is 48.6 Å². The average molecular weight is 482 g/mol. The molecule has 4 heteroatoms. The Morgan fingerprint density at radius 1 is 0.649 bits per heavy atom. The maximum absolute atomic E-state index is 12.8. The highest BCUT2D eigenvalue weighted by molar-refractivity contribution is 6.22. The molecule has 178 valence electrons. The maximum Gasteiger partial charge on any atom is 0.193 e. The molecule has 2 aliphatic carbocycles. The van der Waals surface area contributed by atoms with E-state index in [9.17, 15) is 19.8 Å². The normalized spacial score (nSPS) is 18.5. The first-order valence-corrected chi connectivity index (χ1v) is 12.0. The van der Waals surface area contributed by atoms with Crippen LogP contribution in [0.2, 0.25) is 0 Å². The molecule has 1 unspecified atom stereocenters. The fraction of sp³-hybridized carbons (Fsp3) is 0.0303. The Bertz CT molecular complexity index is 1780. The molecule has 0 bridgehead atoms. The summed E-state index contributed by atoms with van der Waals surface area (Å²) in [5.41, 5.74) is 2.50. The van der Waals surface area contributed by atoms with Crippen molar-refractivity contribution in [3.63, 3.8) is 0 Å². The number of carbonyl (C=O) groups excluding carboxylic acids is 2. The van der Waals surface area contributed by atoms with Crippen molar-refractivity contribution in [2.75, 3.05) is 0 Å². The van der Waals surface area contributed by atoms with Crippen LogP contribution in [0.1, 0.15) is 37.9 Å². The molecule has 0 aliphatic heterocycles. The fourth-order valence-electron chi connectivity index (χ4n) is 4.96. The summed E-state index contributed by atoms with van der Waals surface area (Å²) in [7, 11) is 0. The molecule has 37 heavy (non-hydrogen) atoms. The molecule has 0 saturated heterocycles. The average Bonchev–Trinajstić information content (AvgIpc) is 3.29. The van der Waals surface area contributed by atoms with Gasteiger partial charge in [-0.15, -0.1) is 0 Å². The van der Waals surface area contributed by atoms with Gasteiger partial charge in [-0.1, -0.05) is 96.8 Å². The zero-order valence-electron chi connectivity index (χ0n) is 19.7. The molecule has 4 nitrogen and oxygen atoms in total. The number of benzene rings is 4. The number of rotatable bonds is 4. The number of aliphatic hydroxyl groups is 1. The molecular weight excluding hydrogens is 460 g/mol. The summed E-state index contributed by atoms with van der Waals surface area (Å²) in [5, 5.41) is 27.3. The molecule has 6 rings (SSSR count). The minimum atomic E-state index is -0.963. The monoisotopic (exact) mass is 481 g/mol. The Balaban J connectivity index is 1.16. The van der Waals surface area contributed by atoms with Crippen molar-refractivity contribution < 1.29 is 19.8 Å². The number of carbonyl (C=O) groups is 2. The van der Waals surface area contributed by atoms with Crippen molar-refractivity contribution >= 4 is 38.9 Å². The van der Waals surface area contributed by atoms with Gasteiger partial charge in [0, 0.05) is 22.3 Å². The molecular formula is C33H21O4-. The zero-order valence-corrected chi connectivity index (χ0v) is 19.7. The van der Waals surface area contributed by atoms with Crippen LogP contribution in [0, 0.1) is 0 Å². The fourth-order valence-corrected chi connectivity index (χ4v) is 4.96. The van der Waals surface area contributed by atoms with Gasteiger partial charge in [0.2, 0.25) is 0 Å². The third kappa shape index (κ3) is 3.84. The van der Waals surface area contributed by atoms with E-state index in [0.29, 0.717) is 27.8 Å². The minimum absolute atomic E-state index is 0.144. The number of hydrogen-bond acceptors (Lipinski definition) is 4. The predicted octanol–water partition coefficient (Wildman–Crippen LogP) is 5.79. The van der Waals surface area contributed by atoms with E-state index in [0.717, 1.165) is 21.5 Å². The maximum atomic E-state index is 12.8. The minimum Gasteiger partial charge on any atom is -0.872 e. The number of hydrogen-bond donors (Lipinski definition) is 1. The molecule has 0 saturated carbocycles. The largest absolute Gasteiger partial charge is 0.872 e. The number of aliphatic hydroxyl groups excluding tert-OH is 1. The third-order valence-corrected chi connectivity index (χ3v) is 6.86. The smallest absolute Gasteiger partial charge is 0.193 e. The molecule has 0 fully saturated rings. The van der Waals surface area contributed by atoms with Crippen molar-refractivity contribution in [2.24, 2.45) is 0 Å². The summed E-state index contributed by atoms with van der Waals surface area (Å²) < 4.78 is 0. The van der Waals surface area contributed by atoms with Crippen molar-refractivity contribution in [1.29, 1.82) is 0 Å². The van der Waals surface area contributed by atoms with Crippen LogP contribution in [0.5, 0.6) is 0 Å². The second kappa shape index (κ2) is 9.01. The van der Waals surface area contributed by atoms with Crippen LogP contribution in [-0.2, 0) is 0 Å². The van der Waals surface area contributed by atoms with Crippen LogP contribution in [-0.4, -0.2) is 16.7 Å². The Kier molecular flexibility index (Phi) is 5.52. The summed E-state index contributed by atoms with van der Waals surface area (Å²) in [6.07, 6.45) is 10.7. The second-order valence-electron chi connectivity index (χ2n) is 9.09. The van der Waals surface area contributed by atoms with Gasteiger partial charge in [-0.2, -0.15) is 0 Å². The predicted molar refractivity (Wildman–Crippen MR) is 144 cm³/mol. The Morgan fingerprint density at radius 3 is 1.86 bits per heavy atom. The number of Topliss-reactive ketones (excluding diaryl/α,β-unsaturated/α-hetero) is 2. The molecule has 4 aromatic rings. The summed E-state index contributed by atoms with van der Waals surface area (Å²) >= 11 is 0. The van der Waals surface area contributed by atoms with E-state index in [1.165, 1.54) is 6.08 Å². The summed E-state index contributed by atoms with van der Waals surface area (Å²) in [6, 6.07) is 22.6. The van der Waals surface area contributed by atoms with Gasteiger partial charge >= 0.3 is 0 Å². The van der Waals surface area contributed by atoms with Crippen LogP contribution in [0.3, 0.4) is 0 Å². The Hall–Kier alpha value is -4.80. The Labute approximate surface area is 213 Å². The lowest BCUT2D eigenvalue weighted by molar-refractivity contribution is -0.244. The van der Waals surface area contributed by atoms with Crippen LogP contribution >= 0.6 is 0 Å². The quantitative estimate of drug-likeness (QED) is 0.296. The van der Waals surface area contributed by atoms with Crippen molar-refractivity contribution in [3.8, 4) is 0 Å². The van der Waals surface area contributed by atoms with Gasteiger partial charge in [0.25, 0.3) is 0 Å². The Morgan fingerprint density at radius 2 is 1.19 bits per heavy atom. The van der Waals surface area contributed by atoms with Gasteiger partial charge in [-0.25, -0.2) is 0 Å². The van der Waals surface area contributed by atoms with Crippen molar-refractivity contribution in [2.45, 2.75) is 6.10 Å². The lowest BCUT2D eigenvalue weighted by Crippen LogP contribution is -2.02. The molecule has 0 spiro atoms. The molecule has 1 atom stereocenters. The topological polar surface area (TPSA) is 77.4 Å². The van der Waals surface area contributed by atoms with E-state index < -0.39 is 6.10 Å². The lowest BCUT2D eigenvalue weighted by atomic mass is 10.0. The van der Waals surface area contributed by atoms with Crippen molar-refractivity contribution in [1.82, 2.24) is 0 Å². The molecule has 2 aliphatic rings. The summed E-state index contributed by atoms with van der Waals surface area (Å²) in [5.74, 6) is -0.711. The zero-order chi connectivity index (χ0) is 25.5. The molecule has 4 aromatic carbocycles. The number of allylic oxidation sites excluding steroid dienone is 8. The second-order valence-corrected chi connectivity index (χ2v) is 9.09. The number of ketones is 2. The first kappa shape index (κ1) is 22.7. The van der Waals surface area contributed by atoms with Crippen LogP contribution < -0.4 is 5.11 Å².